The van der Waals surface area contributed by atoms with Crippen LogP contribution in [0.25, 0.3) is 0 Å². The van der Waals surface area contributed by atoms with Gasteiger partial charge in [0.1, 0.15) is 0 Å². The zero-order chi connectivity index (χ0) is 25.0. The molecule has 0 fully saturated rings. The van der Waals surface area contributed by atoms with Crippen LogP contribution in [0.3, 0.4) is 0 Å². The summed E-state index contributed by atoms with van der Waals surface area (Å²) in [7, 11) is 0. The van der Waals surface area contributed by atoms with Crippen molar-refractivity contribution in [1.82, 2.24) is 0 Å². The third kappa shape index (κ3) is 14.3. The number of aliphatic carboxylic acids is 1. The van der Waals surface area contributed by atoms with Crippen molar-refractivity contribution in [2.24, 2.45) is 5.92 Å². The Morgan fingerprint density at radius 2 is 1.41 bits per heavy atom. The summed E-state index contributed by atoms with van der Waals surface area (Å²) in [5, 5.41) is 30.0. The minimum atomic E-state index is -0.711. The molecule has 1 aliphatic rings. The van der Waals surface area contributed by atoms with E-state index in [-0.39, 0.29) is 18.4 Å². The molecular formula is C30H54O4. The molecule has 1 aliphatic carbocycles. The van der Waals surface area contributed by atoms with E-state index in [9.17, 15) is 15.0 Å². The first-order valence-electron chi connectivity index (χ1n) is 14.5. The average molecular weight is 479 g/mol. The largest absolute Gasteiger partial charge is 0.481 e. The summed E-state index contributed by atoms with van der Waals surface area (Å²) in [6, 6.07) is 0. The predicted molar refractivity (Wildman–Crippen MR) is 143 cm³/mol. The lowest BCUT2D eigenvalue weighted by molar-refractivity contribution is -0.137. The number of aliphatic hydroxyl groups excluding tert-OH is 2. The first-order valence-corrected chi connectivity index (χ1v) is 14.5. The third-order valence-electron chi connectivity index (χ3n) is 7.29. The molecule has 0 aromatic rings. The number of carboxylic acid groups (broad SMARTS) is 1. The SMILES string of the molecule is CCCCCCCCCCC1=C(CCCCCCC(=O)O)[C@@H](C=C[C@@H](O)CCCCC)[C@H](O)C1. The molecule has 0 amide bonds. The fourth-order valence-electron chi connectivity index (χ4n) is 5.19. The average Bonchev–Trinajstić information content (AvgIpc) is 3.10. The molecule has 0 aromatic heterocycles. The van der Waals surface area contributed by atoms with Gasteiger partial charge in [-0.05, 0) is 44.9 Å². The molecule has 198 valence electrons. The van der Waals surface area contributed by atoms with Gasteiger partial charge in [0.05, 0.1) is 12.2 Å². The summed E-state index contributed by atoms with van der Waals surface area (Å²) in [6.07, 6.45) is 24.7. The Balaban J connectivity index is 2.60. The van der Waals surface area contributed by atoms with Gasteiger partial charge in [0.15, 0.2) is 0 Å². The van der Waals surface area contributed by atoms with E-state index < -0.39 is 12.1 Å². The standard InChI is InChI=1S/C30H54O4/c1-3-5-7-8-9-10-11-15-18-25-24-29(32)28(23-22-26(31)19-14-6-4-2)27(25)20-16-12-13-17-21-30(33)34/h22-23,26,28-29,31-32H,3-21,24H2,1-2H3,(H,33,34)/t26-,28+,29+/m0/s1. The monoisotopic (exact) mass is 478 g/mol. The molecule has 3 N–H and O–H groups in total. The fourth-order valence-corrected chi connectivity index (χ4v) is 5.19. The molecule has 1 rings (SSSR count). The first kappa shape index (κ1) is 30.9. The van der Waals surface area contributed by atoms with Crippen LogP contribution >= 0.6 is 0 Å². The molecule has 0 saturated carbocycles. The van der Waals surface area contributed by atoms with E-state index in [0.29, 0.717) is 0 Å². The molecule has 4 nitrogen and oxygen atoms in total. The number of hydrogen-bond acceptors (Lipinski definition) is 3. The minimum Gasteiger partial charge on any atom is -0.481 e. The second-order valence-electron chi connectivity index (χ2n) is 10.4. The van der Waals surface area contributed by atoms with Crippen molar-refractivity contribution in [3.8, 4) is 0 Å². The van der Waals surface area contributed by atoms with Gasteiger partial charge in [-0.3, -0.25) is 4.79 Å². The van der Waals surface area contributed by atoms with Gasteiger partial charge in [-0.25, -0.2) is 0 Å². The Labute approximate surface area is 209 Å². The Hall–Kier alpha value is -1.13. The zero-order valence-corrected chi connectivity index (χ0v) is 22.3. The van der Waals surface area contributed by atoms with E-state index in [1.807, 2.05) is 6.08 Å². The Morgan fingerprint density at radius 3 is 2.06 bits per heavy atom. The maximum atomic E-state index is 10.8. The molecule has 3 atom stereocenters. The van der Waals surface area contributed by atoms with Crippen molar-refractivity contribution in [2.75, 3.05) is 0 Å². The van der Waals surface area contributed by atoms with E-state index >= 15 is 0 Å². The van der Waals surface area contributed by atoms with Crippen LogP contribution in [-0.2, 0) is 4.79 Å². The van der Waals surface area contributed by atoms with Crippen molar-refractivity contribution in [1.29, 1.82) is 0 Å². The number of carboxylic acids is 1. The normalized spacial score (nSPS) is 19.4. The van der Waals surface area contributed by atoms with Gasteiger partial charge in [-0.15, -0.1) is 0 Å². The summed E-state index contributed by atoms with van der Waals surface area (Å²) in [5.41, 5.74) is 2.84. The maximum Gasteiger partial charge on any atom is 0.303 e. The van der Waals surface area contributed by atoms with Gasteiger partial charge in [0.2, 0.25) is 0 Å². The highest BCUT2D eigenvalue weighted by Crippen LogP contribution is 2.39. The van der Waals surface area contributed by atoms with Crippen LogP contribution in [0.1, 0.15) is 142 Å². The van der Waals surface area contributed by atoms with Crippen molar-refractivity contribution in [3.63, 3.8) is 0 Å². The highest BCUT2D eigenvalue weighted by molar-refractivity contribution is 5.66. The number of carbonyl (C=O) groups is 1. The maximum absolute atomic E-state index is 10.8. The molecular weight excluding hydrogens is 424 g/mol. The Bertz CT molecular complexity index is 580. The van der Waals surface area contributed by atoms with Gasteiger partial charge in [-0.1, -0.05) is 114 Å². The number of rotatable bonds is 22. The van der Waals surface area contributed by atoms with Crippen LogP contribution in [0.15, 0.2) is 23.3 Å². The van der Waals surface area contributed by atoms with Gasteiger partial charge in [0, 0.05) is 12.3 Å². The van der Waals surface area contributed by atoms with Gasteiger partial charge >= 0.3 is 5.97 Å². The number of aliphatic hydroxyl groups is 2. The second kappa shape index (κ2) is 20.1. The second-order valence-corrected chi connectivity index (χ2v) is 10.4. The van der Waals surface area contributed by atoms with Crippen molar-refractivity contribution >= 4 is 5.97 Å². The predicted octanol–water partition coefficient (Wildman–Crippen LogP) is 8.12. The quantitative estimate of drug-likeness (QED) is 0.108. The lowest BCUT2D eigenvalue weighted by Gasteiger charge is -2.16. The highest BCUT2D eigenvalue weighted by Gasteiger charge is 2.30. The first-order chi connectivity index (χ1) is 16.5. The summed E-state index contributed by atoms with van der Waals surface area (Å²) in [5.74, 6) is -0.680. The van der Waals surface area contributed by atoms with Crippen molar-refractivity contribution in [2.45, 2.75) is 154 Å². The molecule has 0 radical (unpaired) electrons. The number of hydrogen-bond donors (Lipinski definition) is 3. The molecule has 0 saturated heterocycles. The summed E-state index contributed by atoms with van der Waals surface area (Å²) < 4.78 is 0. The lowest BCUT2D eigenvalue weighted by Crippen LogP contribution is -2.15. The van der Waals surface area contributed by atoms with Gasteiger partial charge in [-0.2, -0.15) is 0 Å². The van der Waals surface area contributed by atoms with Crippen molar-refractivity contribution in [3.05, 3.63) is 23.3 Å². The fraction of sp³-hybridized carbons (Fsp3) is 0.833. The molecule has 0 unspecified atom stereocenters. The molecule has 4 heteroatoms. The van der Waals surface area contributed by atoms with Crippen LogP contribution in [0.5, 0.6) is 0 Å². The van der Waals surface area contributed by atoms with E-state index in [0.717, 1.165) is 70.6 Å². The van der Waals surface area contributed by atoms with E-state index in [4.69, 9.17) is 5.11 Å². The van der Waals surface area contributed by atoms with Crippen molar-refractivity contribution < 1.29 is 20.1 Å². The van der Waals surface area contributed by atoms with Crippen LogP contribution in [0.2, 0.25) is 0 Å². The topological polar surface area (TPSA) is 77.8 Å². The lowest BCUT2D eigenvalue weighted by atomic mass is 9.91. The van der Waals surface area contributed by atoms with E-state index in [1.54, 1.807) is 0 Å². The molecule has 0 aliphatic heterocycles. The van der Waals surface area contributed by atoms with Gasteiger partial charge < -0.3 is 15.3 Å². The Morgan fingerprint density at radius 1 is 0.853 bits per heavy atom. The molecule has 34 heavy (non-hydrogen) atoms. The van der Waals surface area contributed by atoms with Crippen LogP contribution in [0.4, 0.5) is 0 Å². The zero-order valence-electron chi connectivity index (χ0n) is 22.3. The van der Waals surface area contributed by atoms with E-state index in [2.05, 4.69) is 19.9 Å². The molecule has 0 aromatic carbocycles. The highest BCUT2D eigenvalue weighted by atomic mass is 16.4. The summed E-state index contributed by atoms with van der Waals surface area (Å²) >= 11 is 0. The van der Waals surface area contributed by atoms with Crippen LogP contribution in [0, 0.1) is 5.92 Å². The summed E-state index contributed by atoms with van der Waals surface area (Å²) in [6.45, 7) is 4.43. The Kier molecular flexibility index (Phi) is 18.3. The molecule has 0 spiro atoms. The minimum absolute atomic E-state index is 0.0314. The number of unbranched alkanes of at least 4 members (excludes halogenated alkanes) is 12. The van der Waals surface area contributed by atoms with Crippen LogP contribution in [-0.4, -0.2) is 33.5 Å². The summed E-state index contributed by atoms with van der Waals surface area (Å²) in [4.78, 5) is 10.7. The smallest absolute Gasteiger partial charge is 0.303 e. The van der Waals surface area contributed by atoms with Gasteiger partial charge in [0.25, 0.3) is 0 Å². The third-order valence-corrected chi connectivity index (χ3v) is 7.29. The molecule has 0 heterocycles. The van der Waals surface area contributed by atoms with E-state index in [1.165, 1.54) is 62.5 Å². The molecule has 0 bridgehead atoms. The van der Waals surface area contributed by atoms with Crippen LogP contribution < -0.4 is 0 Å².